The molecule has 0 aromatic carbocycles. The summed E-state index contributed by atoms with van der Waals surface area (Å²) in [4.78, 5) is 17.2. The van der Waals surface area contributed by atoms with Gasteiger partial charge in [0.1, 0.15) is 11.5 Å². The topological polar surface area (TPSA) is 66.0 Å². The first-order valence-corrected chi connectivity index (χ1v) is 7.40. The highest BCUT2D eigenvalue weighted by Crippen LogP contribution is 2.31. The number of hydrogen-bond donors (Lipinski definition) is 2. The van der Waals surface area contributed by atoms with Gasteiger partial charge in [-0.05, 0) is 34.7 Å². The maximum absolute atomic E-state index is 5.96. The molecule has 5 nitrogen and oxygen atoms in total. The molecule has 0 aliphatic carbocycles. The van der Waals surface area contributed by atoms with Gasteiger partial charge in [0.15, 0.2) is 0 Å². The van der Waals surface area contributed by atoms with E-state index in [1.807, 2.05) is 18.5 Å². The normalized spacial score (nSPS) is 17.4. The average Bonchev–Trinajstić information content (AvgIpc) is 3.06. The fourth-order valence-electron chi connectivity index (χ4n) is 2.36. The molecule has 0 amide bonds. The Labute approximate surface area is 123 Å². The highest BCUT2D eigenvalue weighted by atomic mass is 35.5. The van der Waals surface area contributed by atoms with Crippen molar-refractivity contribution in [3.8, 4) is 0 Å². The molecule has 100 valence electrons. The van der Waals surface area contributed by atoms with Crippen LogP contribution in [0.3, 0.4) is 0 Å². The number of hydrogen-bond acceptors (Lipinski definition) is 5. The fraction of sp³-hybridized carbons (Fsp3) is 0.154. The molecular weight excluding hydrogens is 294 g/mol. The van der Waals surface area contributed by atoms with Crippen LogP contribution in [-0.2, 0) is 6.54 Å². The van der Waals surface area contributed by atoms with Gasteiger partial charge in [0.25, 0.3) is 0 Å². The van der Waals surface area contributed by atoms with Crippen molar-refractivity contribution in [3.63, 3.8) is 0 Å². The number of H-pyrrole nitrogens is 1. The van der Waals surface area contributed by atoms with Crippen LogP contribution < -0.4 is 5.32 Å². The molecule has 3 aromatic heterocycles. The van der Waals surface area contributed by atoms with E-state index in [1.54, 1.807) is 11.3 Å². The highest BCUT2D eigenvalue weighted by molar-refractivity contribution is 7.10. The second-order valence-corrected chi connectivity index (χ2v) is 5.83. The second-order valence-electron chi connectivity index (χ2n) is 4.49. The van der Waals surface area contributed by atoms with E-state index in [0.717, 1.165) is 23.4 Å². The lowest BCUT2D eigenvalue weighted by Gasteiger charge is -2.19. The molecule has 20 heavy (non-hydrogen) atoms. The fourth-order valence-corrected chi connectivity index (χ4v) is 3.39. The summed E-state index contributed by atoms with van der Waals surface area (Å²) >= 11 is 7.69. The zero-order valence-corrected chi connectivity index (χ0v) is 11.9. The van der Waals surface area contributed by atoms with Gasteiger partial charge in [-0.1, -0.05) is 0 Å². The van der Waals surface area contributed by atoms with Gasteiger partial charge in [-0.25, -0.2) is 4.98 Å². The second kappa shape index (κ2) is 4.57. The Morgan fingerprint density at radius 1 is 1.35 bits per heavy atom. The first kappa shape index (κ1) is 11.9. The minimum absolute atomic E-state index is 0.0223. The van der Waals surface area contributed by atoms with Gasteiger partial charge in [0.05, 0.1) is 18.0 Å². The number of aromatic amines is 1. The van der Waals surface area contributed by atoms with Crippen LogP contribution in [0, 0.1) is 0 Å². The van der Waals surface area contributed by atoms with Gasteiger partial charge in [-0.3, -0.25) is 4.99 Å². The third kappa shape index (κ3) is 1.88. The monoisotopic (exact) mass is 303 g/mol. The molecule has 0 saturated heterocycles. The zero-order chi connectivity index (χ0) is 13.5. The predicted octanol–water partition coefficient (Wildman–Crippen LogP) is 3.41. The van der Waals surface area contributed by atoms with Crippen molar-refractivity contribution in [2.45, 2.75) is 12.6 Å². The number of halogens is 1. The first-order valence-electron chi connectivity index (χ1n) is 6.14. The molecular formula is C13H10ClN5S. The summed E-state index contributed by atoms with van der Waals surface area (Å²) in [5.41, 5.74) is 1.98. The van der Waals surface area contributed by atoms with Crippen molar-refractivity contribution in [3.05, 3.63) is 39.4 Å². The van der Waals surface area contributed by atoms with E-state index < -0.39 is 0 Å². The van der Waals surface area contributed by atoms with E-state index >= 15 is 0 Å². The largest absolute Gasteiger partial charge is 0.357 e. The van der Waals surface area contributed by atoms with E-state index in [0.29, 0.717) is 0 Å². The van der Waals surface area contributed by atoms with Gasteiger partial charge >= 0.3 is 0 Å². The Balaban J connectivity index is 1.76. The molecule has 4 rings (SSSR count). The number of anilines is 1. The van der Waals surface area contributed by atoms with Crippen LogP contribution in [0.2, 0.25) is 5.28 Å². The van der Waals surface area contributed by atoms with E-state index in [9.17, 15) is 0 Å². The summed E-state index contributed by atoms with van der Waals surface area (Å²) in [5.74, 6) is 0.719. The van der Waals surface area contributed by atoms with Crippen LogP contribution in [0.1, 0.15) is 16.5 Å². The van der Waals surface area contributed by atoms with E-state index in [4.69, 9.17) is 11.6 Å². The number of nitrogens with one attached hydrogen (secondary N) is 2. The lowest BCUT2D eigenvalue weighted by Crippen LogP contribution is -2.17. The molecule has 2 N–H and O–H groups in total. The van der Waals surface area contributed by atoms with Crippen molar-refractivity contribution < 1.29 is 0 Å². The Hall–Kier alpha value is -1.92. The predicted molar refractivity (Wildman–Crippen MR) is 81.8 cm³/mol. The van der Waals surface area contributed by atoms with E-state index in [2.05, 4.69) is 36.7 Å². The summed E-state index contributed by atoms with van der Waals surface area (Å²) in [6.45, 7) is 0.759. The zero-order valence-electron chi connectivity index (χ0n) is 10.3. The number of nitrogens with zero attached hydrogens (tertiary/aromatic N) is 3. The molecule has 0 saturated carbocycles. The molecule has 1 atom stereocenters. The van der Waals surface area contributed by atoms with Gasteiger partial charge < -0.3 is 10.3 Å². The summed E-state index contributed by atoms with van der Waals surface area (Å²) < 4.78 is 0. The van der Waals surface area contributed by atoms with Crippen LogP contribution in [0.15, 0.2) is 28.7 Å². The Bertz CT molecular complexity index is 806. The number of fused-ring (bicyclic) bond motifs is 2. The van der Waals surface area contributed by atoms with Crippen LogP contribution in [0.25, 0.3) is 11.0 Å². The molecule has 3 aromatic rings. The Morgan fingerprint density at radius 2 is 2.30 bits per heavy atom. The van der Waals surface area contributed by atoms with Crippen molar-refractivity contribution in [2.75, 3.05) is 5.32 Å². The third-order valence-corrected chi connectivity index (χ3v) is 4.38. The van der Waals surface area contributed by atoms with Gasteiger partial charge in [-0.2, -0.15) is 4.98 Å². The molecule has 0 radical (unpaired) electrons. The minimum Gasteiger partial charge on any atom is -0.357 e. The molecule has 1 aliphatic heterocycles. The van der Waals surface area contributed by atoms with Crippen molar-refractivity contribution in [1.29, 1.82) is 0 Å². The highest BCUT2D eigenvalue weighted by Gasteiger charge is 2.19. The van der Waals surface area contributed by atoms with Gasteiger partial charge in [0, 0.05) is 17.3 Å². The number of aliphatic imine (C=N–C) groups is 1. The SMILES string of the molecule is Clc1nc(NC2C=NCc3sccc32)c2cc[nH]c2n1. The maximum atomic E-state index is 5.96. The third-order valence-electron chi connectivity index (χ3n) is 3.28. The Morgan fingerprint density at radius 3 is 3.25 bits per heavy atom. The first-order chi connectivity index (χ1) is 9.81. The standard InChI is InChI=1S/C13H10ClN5S/c14-13-18-11-8(1-3-16-11)12(19-13)17-9-5-15-6-10-7(9)2-4-20-10/h1-5,9H,6H2,(H2,16,17,18,19). The molecule has 4 heterocycles. The van der Waals surface area contributed by atoms with Gasteiger partial charge in [-0.15, -0.1) is 11.3 Å². The molecule has 0 bridgehead atoms. The number of rotatable bonds is 2. The molecule has 0 spiro atoms. The molecule has 0 fully saturated rings. The Kier molecular flexibility index (Phi) is 2.71. The number of thiophene rings is 1. The summed E-state index contributed by atoms with van der Waals surface area (Å²) in [6.07, 6.45) is 3.75. The smallest absolute Gasteiger partial charge is 0.226 e. The van der Waals surface area contributed by atoms with Crippen LogP contribution in [0.4, 0.5) is 5.82 Å². The van der Waals surface area contributed by atoms with Crippen molar-refractivity contribution in [2.24, 2.45) is 4.99 Å². The molecule has 1 aliphatic rings. The quantitative estimate of drug-likeness (QED) is 0.713. The lowest BCUT2D eigenvalue weighted by atomic mass is 10.1. The maximum Gasteiger partial charge on any atom is 0.226 e. The van der Waals surface area contributed by atoms with Gasteiger partial charge in [0.2, 0.25) is 5.28 Å². The van der Waals surface area contributed by atoms with E-state index in [-0.39, 0.29) is 11.3 Å². The van der Waals surface area contributed by atoms with Crippen molar-refractivity contribution >= 4 is 46.0 Å². The summed E-state index contributed by atoms with van der Waals surface area (Å²) in [7, 11) is 0. The lowest BCUT2D eigenvalue weighted by molar-refractivity contribution is 0.941. The van der Waals surface area contributed by atoms with Crippen LogP contribution >= 0.6 is 22.9 Å². The number of aromatic nitrogens is 3. The molecule has 7 heteroatoms. The minimum atomic E-state index is 0.0223. The van der Waals surface area contributed by atoms with Crippen LogP contribution in [0.5, 0.6) is 0 Å². The van der Waals surface area contributed by atoms with Crippen LogP contribution in [-0.4, -0.2) is 21.2 Å². The summed E-state index contributed by atoms with van der Waals surface area (Å²) in [5, 5.41) is 6.63. The average molecular weight is 304 g/mol. The summed E-state index contributed by atoms with van der Waals surface area (Å²) in [6, 6.07) is 4.08. The molecule has 1 unspecified atom stereocenters. The van der Waals surface area contributed by atoms with Crippen molar-refractivity contribution in [1.82, 2.24) is 15.0 Å². The van der Waals surface area contributed by atoms with E-state index in [1.165, 1.54) is 10.4 Å².